The minimum Gasteiger partial charge on any atom is -0.282 e. The van der Waals surface area contributed by atoms with Crippen LogP contribution in [0.3, 0.4) is 0 Å². The Labute approximate surface area is 78.7 Å². The molecular formula is C11H14N2. The molecular weight excluding hydrogens is 160 g/mol. The van der Waals surface area contributed by atoms with Gasteiger partial charge in [-0.2, -0.15) is 5.10 Å². The van der Waals surface area contributed by atoms with Crippen LogP contribution >= 0.6 is 0 Å². The summed E-state index contributed by atoms with van der Waals surface area (Å²) in [5, 5.41) is 7.07. The molecule has 1 rings (SSSR count). The molecule has 0 atom stereocenters. The van der Waals surface area contributed by atoms with Crippen LogP contribution in [0, 0.1) is 6.92 Å². The third kappa shape index (κ3) is 2.44. The third-order valence-electron chi connectivity index (χ3n) is 1.72. The Morgan fingerprint density at radius 2 is 2.38 bits per heavy atom. The minimum absolute atomic E-state index is 0.970. The van der Waals surface area contributed by atoms with Gasteiger partial charge >= 0.3 is 0 Å². The molecule has 0 unspecified atom stereocenters. The van der Waals surface area contributed by atoms with Crippen LogP contribution in [0.25, 0.3) is 5.57 Å². The molecule has 0 aromatic carbocycles. The highest BCUT2D eigenvalue weighted by Crippen LogP contribution is 2.13. The Morgan fingerprint density at radius 1 is 1.62 bits per heavy atom. The first-order valence-corrected chi connectivity index (χ1v) is 4.25. The molecule has 0 spiro atoms. The van der Waals surface area contributed by atoms with Crippen molar-refractivity contribution in [3.63, 3.8) is 0 Å². The Hall–Kier alpha value is -1.57. The second kappa shape index (κ2) is 4.45. The molecule has 1 heterocycles. The molecule has 0 bridgehead atoms. The van der Waals surface area contributed by atoms with E-state index in [2.05, 4.69) is 16.8 Å². The van der Waals surface area contributed by atoms with Crippen molar-refractivity contribution >= 4 is 5.57 Å². The summed E-state index contributed by atoms with van der Waals surface area (Å²) in [6.45, 7) is 7.60. The average molecular weight is 174 g/mol. The molecule has 0 amide bonds. The second-order valence-corrected chi connectivity index (χ2v) is 2.78. The van der Waals surface area contributed by atoms with Gasteiger partial charge in [0, 0.05) is 5.69 Å². The van der Waals surface area contributed by atoms with Gasteiger partial charge in [-0.25, -0.2) is 0 Å². The topological polar surface area (TPSA) is 28.7 Å². The smallest absolute Gasteiger partial charge is 0.0920 e. The normalized spacial score (nSPS) is 12.3. The van der Waals surface area contributed by atoms with Gasteiger partial charge in [0.25, 0.3) is 0 Å². The quantitative estimate of drug-likeness (QED) is 0.701. The zero-order valence-electron chi connectivity index (χ0n) is 8.04. The fourth-order valence-corrected chi connectivity index (χ4v) is 1.07. The Kier molecular flexibility index (Phi) is 3.26. The highest BCUT2D eigenvalue weighted by Gasteiger charge is 1.99. The summed E-state index contributed by atoms with van der Waals surface area (Å²) in [5.74, 6) is 0. The van der Waals surface area contributed by atoms with Crippen molar-refractivity contribution < 1.29 is 0 Å². The fraction of sp³-hybridized carbons (Fsp3) is 0.182. The molecule has 0 aliphatic carbocycles. The molecule has 0 fully saturated rings. The van der Waals surface area contributed by atoms with Crippen molar-refractivity contribution in [1.82, 2.24) is 10.2 Å². The van der Waals surface area contributed by atoms with Crippen LogP contribution in [0.15, 0.2) is 36.9 Å². The van der Waals surface area contributed by atoms with Gasteiger partial charge in [-0.05, 0) is 25.5 Å². The summed E-state index contributed by atoms with van der Waals surface area (Å²) in [6, 6.07) is 2.02. The van der Waals surface area contributed by atoms with E-state index in [0.717, 1.165) is 17.0 Å². The van der Waals surface area contributed by atoms with Crippen LogP contribution in [-0.2, 0) is 0 Å². The van der Waals surface area contributed by atoms with E-state index >= 15 is 0 Å². The summed E-state index contributed by atoms with van der Waals surface area (Å²) in [5.41, 5.74) is 3.14. The maximum absolute atomic E-state index is 4.16. The molecule has 1 aromatic rings. The molecule has 0 aliphatic heterocycles. The first kappa shape index (κ1) is 9.52. The lowest BCUT2D eigenvalue weighted by Crippen LogP contribution is -1.79. The van der Waals surface area contributed by atoms with Crippen LogP contribution in [0.1, 0.15) is 18.3 Å². The van der Waals surface area contributed by atoms with Crippen molar-refractivity contribution in [2.75, 3.05) is 0 Å². The molecule has 0 radical (unpaired) electrons. The number of aryl methyl sites for hydroxylation is 1. The van der Waals surface area contributed by atoms with E-state index < -0.39 is 0 Å². The van der Waals surface area contributed by atoms with Gasteiger partial charge in [0.2, 0.25) is 0 Å². The van der Waals surface area contributed by atoms with E-state index in [-0.39, 0.29) is 0 Å². The van der Waals surface area contributed by atoms with E-state index in [1.54, 1.807) is 6.08 Å². The molecule has 2 nitrogen and oxygen atoms in total. The number of hydrogen-bond acceptors (Lipinski definition) is 1. The van der Waals surface area contributed by atoms with Crippen LogP contribution in [0.4, 0.5) is 0 Å². The van der Waals surface area contributed by atoms with Gasteiger partial charge in [-0.1, -0.05) is 30.9 Å². The average Bonchev–Trinajstić information content (AvgIpc) is 2.54. The van der Waals surface area contributed by atoms with Gasteiger partial charge in [0.15, 0.2) is 0 Å². The van der Waals surface area contributed by atoms with E-state index in [1.165, 1.54) is 0 Å². The SMILES string of the molecule is C=CC=CC(=CC)c1cc(C)[nH]n1. The molecule has 0 saturated heterocycles. The molecule has 1 N–H and O–H groups in total. The van der Waals surface area contributed by atoms with Crippen molar-refractivity contribution in [2.45, 2.75) is 13.8 Å². The van der Waals surface area contributed by atoms with Gasteiger partial charge < -0.3 is 0 Å². The first-order chi connectivity index (χ1) is 6.27. The molecule has 13 heavy (non-hydrogen) atoms. The van der Waals surface area contributed by atoms with Crippen molar-refractivity contribution in [2.24, 2.45) is 0 Å². The van der Waals surface area contributed by atoms with Crippen molar-refractivity contribution in [3.8, 4) is 0 Å². The van der Waals surface area contributed by atoms with Crippen LogP contribution < -0.4 is 0 Å². The number of allylic oxidation sites excluding steroid dienone is 5. The molecule has 0 saturated carbocycles. The maximum Gasteiger partial charge on any atom is 0.0920 e. The number of aromatic nitrogens is 2. The van der Waals surface area contributed by atoms with Gasteiger partial charge in [0.1, 0.15) is 0 Å². The molecule has 1 aromatic heterocycles. The van der Waals surface area contributed by atoms with Crippen LogP contribution in [-0.4, -0.2) is 10.2 Å². The highest BCUT2D eigenvalue weighted by atomic mass is 15.1. The fourth-order valence-electron chi connectivity index (χ4n) is 1.07. The van der Waals surface area contributed by atoms with E-state index in [0.29, 0.717) is 0 Å². The summed E-state index contributed by atoms with van der Waals surface area (Å²) in [6.07, 6.45) is 7.67. The number of hydrogen-bond donors (Lipinski definition) is 1. The number of nitrogens with zero attached hydrogens (tertiary/aromatic N) is 1. The lowest BCUT2D eigenvalue weighted by molar-refractivity contribution is 1.04. The van der Waals surface area contributed by atoms with Crippen molar-refractivity contribution in [1.29, 1.82) is 0 Å². The first-order valence-electron chi connectivity index (χ1n) is 4.25. The minimum atomic E-state index is 0.970. The standard InChI is InChI=1S/C11H14N2/c1-4-6-7-10(5-2)11-8-9(3)12-13-11/h4-8H,1H2,2-3H3,(H,12,13). The number of H-pyrrole nitrogens is 1. The van der Waals surface area contributed by atoms with Gasteiger partial charge in [0.05, 0.1) is 5.69 Å². The zero-order chi connectivity index (χ0) is 9.68. The van der Waals surface area contributed by atoms with E-state index in [9.17, 15) is 0 Å². The van der Waals surface area contributed by atoms with Crippen LogP contribution in [0.2, 0.25) is 0 Å². The number of rotatable bonds is 3. The zero-order valence-corrected chi connectivity index (χ0v) is 8.04. The summed E-state index contributed by atoms with van der Waals surface area (Å²) in [7, 11) is 0. The summed E-state index contributed by atoms with van der Waals surface area (Å²) < 4.78 is 0. The molecule has 68 valence electrons. The lowest BCUT2D eigenvalue weighted by atomic mass is 10.1. The maximum atomic E-state index is 4.16. The molecule has 0 aliphatic rings. The Morgan fingerprint density at radius 3 is 2.85 bits per heavy atom. The Balaban J connectivity index is 2.91. The predicted molar refractivity (Wildman–Crippen MR) is 56.3 cm³/mol. The summed E-state index contributed by atoms with van der Waals surface area (Å²) >= 11 is 0. The van der Waals surface area contributed by atoms with E-state index in [1.807, 2.05) is 38.1 Å². The number of nitrogens with one attached hydrogen (secondary N) is 1. The number of aromatic amines is 1. The predicted octanol–water partition coefficient (Wildman–Crippen LogP) is 2.86. The largest absolute Gasteiger partial charge is 0.282 e. The van der Waals surface area contributed by atoms with Crippen LogP contribution in [0.5, 0.6) is 0 Å². The highest BCUT2D eigenvalue weighted by molar-refractivity contribution is 5.71. The third-order valence-corrected chi connectivity index (χ3v) is 1.72. The van der Waals surface area contributed by atoms with Gasteiger partial charge in [-0.3, -0.25) is 5.10 Å². The van der Waals surface area contributed by atoms with Crippen molar-refractivity contribution in [3.05, 3.63) is 48.3 Å². The second-order valence-electron chi connectivity index (χ2n) is 2.78. The monoisotopic (exact) mass is 174 g/mol. The molecule has 2 heteroatoms. The lowest BCUT2D eigenvalue weighted by Gasteiger charge is -1.93. The summed E-state index contributed by atoms with van der Waals surface area (Å²) in [4.78, 5) is 0. The Bertz CT molecular complexity index is 343. The van der Waals surface area contributed by atoms with E-state index in [4.69, 9.17) is 0 Å². The van der Waals surface area contributed by atoms with Gasteiger partial charge in [-0.15, -0.1) is 0 Å².